The number of hydrogen-bond donors (Lipinski definition) is 1. The fraction of sp³-hybridized carbons (Fsp3) is 0.375. The van der Waals surface area contributed by atoms with Crippen LogP contribution in [0.5, 0.6) is 11.5 Å². The van der Waals surface area contributed by atoms with Crippen LogP contribution in [-0.2, 0) is 24.5 Å². The molecular weight excluding hydrogens is 426 g/mol. The molecular formula is C24H25N3O6. The van der Waals surface area contributed by atoms with Crippen molar-refractivity contribution in [2.24, 2.45) is 0 Å². The highest BCUT2D eigenvalue weighted by molar-refractivity contribution is 5.94. The molecule has 0 spiro atoms. The first-order valence-corrected chi connectivity index (χ1v) is 11.0. The second kappa shape index (κ2) is 8.74. The zero-order chi connectivity index (χ0) is 22.8. The van der Waals surface area contributed by atoms with E-state index in [2.05, 4.69) is 5.32 Å². The van der Waals surface area contributed by atoms with Gasteiger partial charge in [0.25, 0.3) is 11.8 Å². The van der Waals surface area contributed by atoms with Crippen LogP contribution in [0.2, 0.25) is 0 Å². The second-order valence-corrected chi connectivity index (χ2v) is 8.36. The van der Waals surface area contributed by atoms with Gasteiger partial charge in [-0.2, -0.15) is 0 Å². The van der Waals surface area contributed by atoms with Crippen molar-refractivity contribution in [3.05, 3.63) is 54.1 Å². The smallest absolute Gasteiger partial charge is 0.267 e. The number of ether oxygens (including phenoxy) is 3. The van der Waals surface area contributed by atoms with Gasteiger partial charge in [-0.15, -0.1) is 0 Å². The summed E-state index contributed by atoms with van der Waals surface area (Å²) in [6.07, 6.45) is 2.28. The van der Waals surface area contributed by atoms with Crippen molar-refractivity contribution in [1.29, 1.82) is 0 Å². The molecule has 0 radical (unpaired) electrons. The average Bonchev–Trinajstić information content (AvgIpc) is 3.26. The number of nitrogens with one attached hydrogen (secondary N) is 1. The number of rotatable bonds is 7. The Morgan fingerprint density at radius 3 is 2.48 bits per heavy atom. The minimum atomic E-state index is -0.532. The molecule has 0 bridgehead atoms. The van der Waals surface area contributed by atoms with Crippen LogP contribution in [0.4, 0.5) is 5.69 Å². The van der Waals surface area contributed by atoms with E-state index in [1.807, 2.05) is 30.3 Å². The fourth-order valence-corrected chi connectivity index (χ4v) is 4.31. The van der Waals surface area contributed by atoms with E-state index in [1.54, 1.807) is 23.2 Å². The van der Waals surface area contributed by atoms with Crippen molar-refractivity contribution < 1.29 is 28.6 Å². The molecule has 1 saturated carbocycles. The summed E-state index contributed by atoms with van der Waals surface area (Å²) in [5, 5.41) is 5.71. The quantitative estimate of drug-likeness (QED) is 0.692. The Kier molecular flexibility index (Phi) is 5.63. The summed E-state index contributed by atoms with van der Waals surface area (Å²) in [5.41, 5.74) is 1.01. The molecule has 0 aromatic heterocycles. The van der Waals surface area contributed by atoms with Gasteiger partial charge in [-0.05, 0) is 37.0 Å². The Bertz CT molecular complexity index is 1070. The van der Waals surface area contributed by atoms with Crippen molar-refractivity contribution in [1.82, 2.24) is 10.0 Å². The first-order chi connectivity index (χ1) is 16.1. The van der Waals surface area contributed by atoms with E-state index in [0.29, 0.717) is 36.7 Å². The minimum absolute atomic E-state index is 0.0416. The number of benzene rings is 2. The lowest BCUT2D eigenvalue weighted by Gasteiger charge is -2.31. The minimum Gasteiger partial charge on any atom is -0.454 e. The highest BCUT2D eigenvalue weighted by Gasteiger charge is 2.54. The molecule has 1 saturated heterocycles. The first kappa shape index (κ1) is 21.3. The van der Waals surface area contributed by atoms with Gasteiger partial charge >= 0.3 is 0 Å². The van der Waals surface area contributed by atoms with Crippen LogP contribution in [0, 0.1) is 0 Å². The van der Waals surface area contributed by atoms with Gasteiger partial charge in [-0.25, -0.2) is 5.01 Å². The van der Waals surface area contributed by atoms with Crippen LogP contribution in [0.1, 0.15) is 24.8 Å². The first-order valence-electron chi connectivity index (χ1n) is 11.0. The van der Waals surface area contributed by atoms with Crippen LogP contribution in [0.3, 0.4) is 0 Å². The number of hydrogen-bond acceptors (Lipinski definition) is 6. The molecule has 9 heteroatoms. The van der Waals surface area contributed by atoms with Crippen molar-refractivity contribution in [3.63, 3.8) is 0 Å². The molecule has 9 nitrogen and oxygen atoms in total. The molecule has 33 heavy (non-hydrogen) atoms. The van der Waals surface area contributed by atoms with Gasteiger partial charge in [-0.3, -0.25) is 19.4 Å². The second-order valence-electron chi connectivity index (χ2n) is 8.36. The summed E-state index contributed by atoms with van der Waals surface area (Å²) in [5.74, 6) is 0.421. The van der Waals surface area contributed by atoms with Gasteiger partial charge < -0.3 is 19.5 Å². The average molecular weight is 451 g/mol. The van der Waals surface area contributed by atoms with E-state index in [1.165, 1.54) is 5.01 Å². The molecule has 5 rings (SSSR count). The SMILES string of the molecule is O=C(COCC(=O)N1CCCN1C(=O)C1(c2ccccc2)CC1)Nc1ccc2c(c1)OCO2. The Labute approximate surface area is 191 Å². The van der Waals surface area contributed by atoms with Crippen molar-refractivity contribution >= 4 is 23.4 Å². The highest BCUT2D eigenvalue weighted by Crippen LogP contribution is 2.50. The molecule has 3 aliphatic rings. The van der Waals surface area contributed by atoms with Crippen LogP contribution in [0.25, 0.3) is 0 Å². The van der Waals surface area contributed by atoms with E-state index in [4.69, 9.17) is 14.2 Å². The fourth-order valence-electron chi connectivity index (χ4n) is 4.31. The summed E-state index contributed by atoms with van der Waals surface area (Å²) in [7, 11) is 0. The zero-order valence-corrected chi connectivity index (χ0v) is 18.1. The molecule has 2 aromatic carbocycles. The predicted molar refractivity (Wildman–Crippen MR) is 117 cm³/mol. The van der Waals surface area contributed by atoms with E-state index < -0.39 is 11.3 Å². The molecule has 172 valence electrons. The molecule has 2 aromatic rings. The summed E-state index contributed by atoms with van der Waals surface area (Å²) in [6.45, 7) is 0.555. The molecule has 3 amide bonds. The van der Waals surface area contributed by atoms with Crippen molar-refractivity contribution in [2.75, 3.05) is 38.4 Å². The molecule has 2 fully saturated rings. The third kappa shape index (κ3) is 4.23. The maximum Gasteiger partial charge on any atom is 0.267 e. The number of fused-ring (bicyclic) bond motifs is 1. The lowest BCUT2D eigenvalue weighted by molar-refractivity contribution is -0.162. The van der Waals surface area contributed by atoms with Gasteiger partial charge in [0.2, 0.25) is 12.7 Å². The van der Waals surface area contributed by atoms with E-state index in [9.17, 15) is 14.4 Å². The van der Waals surface area contributed by atoms with Gasteiger partial charge in [0.15, 0.2) is 11.5 Å². The molecule has 1 N–H and O–H groups in total. The predicted octanol–water partition coefficient (Wildman–Crippen LogP) is 2.08. The van der Waals surface area contributed by atoms with E-state index in [0.717, 1.165) is 18.4 Å². The van der Waals surface area contributed by atoms with Gasteiger partial charge in [0.05, 0.1) is 5.41 Å². The van der Waals surface area contributed by atoms with Gasteiger partial charge in [0, 0.05) is 24.8 Å². The zero-order valence-electron chi connectivity index (χ0n) is 18.1. The summed E-state index contributed by atoms with van der Waals surface area (Å²) in [6, 6.07) is 14.8. The van der Waals surface area contributed by atoms with E-state index >= 15 is 0 Å². The van der Waals surface area contributed by atoms with Gasteiger partial charge in [0.1, 0.15) is 13.2 Å². The molecule has 0 atom stereocenters. The number of amides is 3. The topological polar surface area (TPSA) is 97.4 Å². The summed E-state index contributed by atoms with van der Waals surface area (Å²) >= 11 is 0. The lowest BCUT2D eigenvalue weighted by Crippen LogP contribution is -2.50. The molecule has 2 aliphatic heterocycles. The standard InChI is InChI=1S/C24H25N3O6/c28-21(25-18-7-8-19-20(13-18)33-16-32-19)14-31-15-22(29)26-11-4-12-27(26)23(30)24(9-10-24)17-5-2-1-3-6-17/h1-3,5-8,13H,4,9-12,14-16H2,(H,25,28). The van der Waals surface area contributed by atoms with Crippen molar-refractivity contribution in [3.8, 4) is 11.5 Å². The Balaban J connectivity index is 1.13. The monoisotopic (exact) mass is 451 g/mol. The van der Waals surface area contributed by atoms with Crippen LogP contribution in [0.15, 0.2) is 48.5 Å². The number of hydrazine groups is 1. The largest absolute Gasteiger partial charge is 0.454 e. The van der Waals surface area contributed by atoms with Crippen LogP contribution in [-0.4, -0.2) is 60.8 Å². The number of carbonyl (C=O) groups excluding carboxylic acids is 3. The third-order valence-corrected chi connectivity index (χ3v) is 6.15. The Morgan fingerprint density at radius 2 is 1.70 bits per heavy atom. The highest BCUT2D eigenvalue weighted by atomic mass is 16.7. The maximum absolute atomic E-state index is 13.3. The molecule has 0 unspecified atom stereocenters. The van der Waals surface area contributed by atoms with Crippen molar-refractivity contribution in [2.45, 2.75) is 24.7 Å². The molecule has 2 heterocycles. The number of nitrogens with zero attached hydrogens (tertiary/aromatic N) is 2. The third-order valence-electron chi connectivity index (χ3n) is 6.15. The number of anilines is 1. The van der Waals surface area contributed by atoms with Crippen LogP contribution < -0.4 is 14.8 Å². The molecule has 1 aliphatic carbocycles. The van der Waals surface area contributed by atoms with Crippen LogP contribution >= 0.6 is 0 Å². The summed E-state index contributed by atoms with van der Waals surface area (Å²) < 4.78 is 15.9. The maximum atomic E-state index is 13.3. The number of carbonyl (C=O) groups is 3. The van der Waals surface area contributed by atoms with Gasteiger partial charge in [-0.1, -0.05) is 30.3 Å². The normalized spacial score (nSPS) is 17.7. The Hall–Kier alpha value is -3.59. The Morgan fingerprint density at radius 1 is 0.939 bits per heavy atom. The summed E-state index contributed by atoms with van der Waals surface area (Å²) in [4.78, 5) is 38.3. The van der Waals surface area contributed by atoms with E-state index in [-0.39, 0.29) is 31.8 Å². The lowest BCUT2D eigenvalue weighted by atomic mass is 9.95.